The van der Waals surface area contributed by atoms with Crippen LogP contribution >= 0.6 is 0 Å². The summed E-state index contributed by atoms with van der Waals surface area (Å²) in [5.41, 5.74) is 5.53. The van der Waals surface area contributed by atoms with Gasteiger partial charge in [-0.3, -0.25) is 4.79 Å². The average Bonchev–Trinajstić information content (AvgIpc) is 2.29. The lowest BCUT2D eigenvalue weighted by atomic mass is 10.1. The normalized spacial score (nSPS) is 12.5. The molecular weight excluding hydrogens is 204 g/mol. The second-order valence-corrected chi connectivity index (χ2v) is 4.05. The number of hydrogen-bond donors (Lipinski definition) is 1. The highest BCUT2D eigenvalue weighted by Crippen LogP contribution is 2.06. The molecule has 0 aliphatic carbocycles. The van der Waals surface area contributed by atoms with E-state index in [1.807, 2.05) is 11.8 Å². The van der Waals surface area contributed by atoms with Crippen molar-refractivity contribution in [2.75, 3.05) is 24.5 Å². The third kappa shape index (κ3) is 2.82. The third-order valence-corrected chi connectivity index (χ3v) is 2.61. The molecule has 1 atom stereocenters. The Morgan fingerprint density at radius 1 is 1.62 bits per heavy atom. The fraction of sp³-hybridized carbons (Fsp3) is 0.636. The Balaban J connectivity index is 2.95. The maximum Gasteiger partial charge on any atom is 0.293 e. The summed E-state index contributed by atoms with van der Waals surface area (Å²) in [5, 5.41) is 0. The molecule has 0 aliphatic heterocycles. The molecule has 0 radical (unpaired) electrons. The van der Waals surface area contributed by atoms with Gasteiger partial charge in [0.2, 0.25) is 0 Å². The second kappa shape index (κ2) is 5.65. The first-order valence-corrected chi connectivity index (χ1v) is 5.56. The predicted molar refractivity (Wildman–Crippen MR) is 65.6 cm³/mol. The van der Waals surface area contributed by atoms with Crippen LogP contribution in [0.3, 0.4) is 0 Å². The number of rotatable bonds is 5. The van der Waals surface area contributed by atoms with Crippen molar-refractivity contribution in [1.82, 2.24) is 9.55 Å². The van der Waals surface area contributed by atoms with Crippen molar-refractivity contribution in [1.29, 1.82) is 0 Å². The summed E-state index contributed by atoms with van der Waals surface area (Å²) in [6, 6.07) is 0. The van der Waals surface area contributed by atoms with Crippen molar-refractivity contribution in [3.63, 3.8) is 0 Å². The highest BCUT2D eigenvalue weighted by Gasteiger charge is 2.13. The predicted octanol–water partition coefficient (Wildman–Crippen LogP) is 0.201. The van der Waals surface area contributed by atoms with Crippen LogP contribution in [0.5, 0.6) is 0 Å². The summed E-state index contributed by atoms with van der Waals surface area (Å²) in [7, 11) is 1.73. The molecule has 1 unspecified atom stereocenters. The van der Waals surface area contributed by atoms with Crippen molar-refractivity contribution < 1.29 is 0 Å². The van der Waals surface area contributed by atoms with Gasteiger partial charge < -0.3 is 15.2 Å². The standard InChI is InChI=1S/C11H20N4O/c1-4-15(8-9(2)7-12)10-11(16)14(3)6-5-13-10/h5-6,9H,4,7-8,12H2,1-3H3. The van der Waals surface area contributed by atoms with Gasteiger partial charge in [0.25, 0.3) is 5.56 Å². The molecule has 0 aromatic carbocycles. The van der Waals surface area contributed by atoms with E-state index in [0.29, 0.717) is 18.3 Å². The van der Waals surface area contributed by atoms with Crippen molar-refractivity contribution in [2.45, 2.75) is 13.8 Å². The topological polar surface area (TPSA) is 64.2 Å². The van der Waals surface area contributed by atoms with E-state index in [2.05, 4.69) is 11.9 Å². The van der Waals surface area contributed by atoms with Crippen LogP contribution < -0.4 is 16.2 Å². The van der Waals surface area contributed by atoms with Crippen LogP contribution in [0.15, 0.2) is 17.2 Å². The molecule has 1 rings (SSSR count). The molecule has 0 aliphatic rings. The maximum absolute atomic E-state index is 11.9. The number of aryl methyl sites for hydroxylation is 1. The van der Waals surface area contributed by atoms with Crippen LogP contribution in [-0.4, -0.2) is 29.2 Å². The smallest absolute Gasteiger partial charge is 0.293 e. The molecule has 16 heavy (non-hydrogen) atoms. The van der Waals surface area contributed by atoms with Crippen LogP contribution in [0, 0.1) is 5.92 Å². The highest BCUT2D eigenvalue weighted by atomic mass is 16.1. The fourth-order valence-electron chi connectivity index (χ4n) is 1.52. The van der Waals surface area contributed by atoms with E-state index >= 15 is 0 Å². The van der Waals surface area contributed by atoms with E-state index in [1.165, 1.54) is 4.57 Å². The third-order valence-electron chi connectivity index (χ3n) is 2.61. The molecular formula is C11H20N4O. The van der Waals surface area contributed by atoms with E-state index in [-0.39, 0.29) is 5.56 Å². The average molecular weight is 224 g/mol. The summed E-state index contributed by atoms with van der Waals surface area (Å²) in [5.74, 6) is 0.861. The first-order valence-electron chi connectivity index (χ1n) is 5.56. The zero-order chi connectivity index (χ0) is 12.1. The largest absolute Gasteiger partial charge is 0.352 e. The summed E-state index contributed by atoms with van der Waals surface area (Å²) >= 11 is 0. The van der Waals surface area contributed by atoms with Gasteiger partial charge in [-0.2, -0.15) is 0 Å². The van der Waals surface area contributed by atoms with E-state index in [4.69, 9.17) is 5.73 Å². The molecule has 0 fully saturated rings. The van der Waals surface area contributed by atoms with Gasteiger partial charge in [0.05, 0.1) is 0 Å². The number of aromatic nitrogens is 2. The summed E-state index contributed by atoms with van der Waals surface area (Å²) < 4.78 is 1.54. The minimum absolute atomic E-state index is 0.0615. The van der Waals surface area contributed by atoms with Gasteiger partial charge in [0.1, 0.15) is 0 Å². The van der Waals surface area contributed by atoms with Crippen LogP contribution in [-0.2, 0) is 7.05 Å². The Hall–Kier alpha value is -1.36. The Morgan fingerprint density at radius 2 is 2.31 bits per heavy atom. The lowest BCUT2D eigenvalue weighted by Crippen LogP contribution is -2.37. The Morgan fingerprint density at radius 3 is 2.88 bits per heavy atom. The van der Waals surface area contributed by atoms with E-state index in [9.17, 15) is 4.79 Å². The molecule has 0 saturated heterocycles. The first kappa shape index (κ1) is 12.7. The molecule has 5 nitrogen and oxygen atoms in total. The maximum atomic E-state index is 11.9. The molecule has 0 bridgehead atoms. The number of nitrogens with two attached hydrogens (primary N) is 1. The van der Waals surface area contributed by atoms with Crippen LogP contribution in [0.2, 0.25) is 0 Å². The van der Waals surface area contributed by atoms with E-state index in [1.54, 1.807) is 19.4 Å². The Bertz CT molecular complexity index is 388. The summed E-state index contributed by atoms with van der Waals surface area (Å²) in [4.78, 5) is 18.0. The van der Waals surface area contributed by atoms with Crippen molar-refractivity contribution in [3.8, 4) is 0 Å². The first-order chi connectivity index (χ1) is 7.60. The van der Waals surface area contributed by atoms with Gasteiger partial charge in [-0.25, -0.2) is 4.98 Å². The summed E-state index contributed by atoms with van der Waals surface area (Å²) in [6.07, 6.45) is 3.30. The molecule has 2 N–H and O–H groups in total. The molecule has 1 aromatic rings. The second-order valence-electron chi connectivity index (χ2n) is 4.05. The quantitative estimate of drug-likeness (QED) is 0.776. The molecule has 5 heteroatoms. The molecule has 1 aromatic heterocycles. The van der Waals surface area contributed by atoms with Gasteiger partial charge in [-0.1, -0.05) is 6.92 Å². The zero-order valence-corrected chi connectivity index (χ0v) is 10.2. The Labute approximate surface area is 95.9 Å². The molecule has 0 saturated carbocycles. The van der Waals surface area contributed by atoms with Gasteiger partial charge in [-0.15, -0.1) is 0 Å². The Kier molecular flexibility index (Phi) is 4.49. The number of anilines is 1. The van der Waals surface area contributed by atoms with Crippen LogP contribution in [0.25, 0.3) is 0 Å². The monoisotopic (exact) mass is 224 g/mol. The van der Waals surface area contributed by atoms with Gasteiger partial charge in [0.15, 0.2) is 5.82 Å². The number of hydrogen-bond acceptors (Lipinski definition) is 4. The van der Waals surface area contributed by atoms with Crippen molar-refractivity contribution >= 4 is 5.82 Å². The van der Waals surface area contributed by atoms with Crippen molar-refractivity contribution in [2.24, 2.45) is 18.7 Å². The van der Waals surface area contributed by atoms with Gasteiger partial charge in [0, 0.05) is 32.5 Å². The molecule has 90 valence electrons. The van der Waals surface area contributed by atoms with Gasteiger partial charge in [-0.05, 0) is 19.4 Å². The molecule has 1 heterocycles. The van der Waals surface area contributed by atoms with Crippen LogP contribution in [0.1, 0.15) is 13.8 Å². The van der Waals surface area contributed by atoms with E-state index < -0.39 is 0 Å². The molecule has 0 amide bonds. The van der Waals surface area contributed by atoms with Crippen molar-refractivity contribution in [3.05, 3.63) is 22.7 Å². The highest BCUT2D eigenvalue weighted by molar-refractivity contribution is 5.35. The summed E-state index contributed by atoms with van der Waals surface area (Å²) in [6.45, 7) is 6.22. The fourth-order valence-corrected chi connectivity index (χ4v) is 1.52. The van der Waals surface area contributed by atoms with Crippen LogP contribution in [0.4, 0.5) is 5.82 Å². The van der Waals surface area contributed by atoms with Gasteiger partial charge >= 0.3 is 0 Å². The number of nitrogens with zero attached hydrogens (tertiary/aromatic N) is 3. The SMILES string of the molecule is CCN(CC(C)CN)c1nccn(C)c1=O. The lowest BCUT2D eigenvalue weighted by molar-refractivity contribution is 0.570. The zero-order valence-electron chi connectivity index (χ0n) is 10.2. The molecule has 0 spiro atoms. The minimum Gasteiger partial charge on any atom is -0.352 e. The van der Waals surface area contributed by atoms with E-state index in [0.717, 1.165) is 13.1 Å². The lowest BCUT2D eigenvalue weighted by Gasteiger charge is -2.24. The minimum atomic E-state index is -0.0615.